The summed E-state index contributed by atoms with van der Waals surface area (Å²) >= 11 is 5.94. The second kappa shape index (κ2) is 9.60. The van der Waals surface area contributed by atoms with Crippen LogP contribution in [0, 0.1) is 11.8 Å². The zero-order chi connectivity index (χ0) is 21.8. The van der Waals surface area contributed by atoms with Crippen molar-refractivity contribution in [2.75, 3.05) is 11.5 Å². The minimum Gasteiger partial charge on any atom is -0.462 e. The molecule has 0 aromatic carbocycles. The van der Waals surface area contributed by atoms with Gasteiger partial charge in [0.1, 0.15) is 5.56 Å². The van der Waals surface area contributed by atoms with Gasteiger partial charge >= 0.3 is 5.97 Å². The van der Waals surface area contributed by atoms with Crippen LogP contribution < -0.4 is 4.90 Å². The van der Waals surface area contributed by atoms with Crippen molar-refractivity contribution < 1.29 is 14.3 Å². The van der Waals surface area contributed by atoms with Crippen molar-refractivity contribution in [1.82, 2.24) is 14.8 Å². The van der Waals surface area contributed by atoms with Gasteiger partial charge in [-0.15, -0.1) is 5.10 Å². The molecule has 0 aliphatic heterocycles. The number of halogens is 1. The Labute approximate surface area is 182 Å². The van der Waals surface area contributed by atoms with Gasteiger partial charge in [-0.2, -0.15) is 0 Å². The van der Waals surface area contributed by atoms with Crippen LogP contribution in [0.25, 0.3) is 5.82 Å². The monoisotopic (exact) mass is 432 g/mol. The third kappa shape index (κ3) is 4.83. The molecule has 0 N–H and O–H groups in total. The van der Waals surface area contributed by atoms with E-state index in [1.807, 2.05) is 13.8 Å². The van der Waals surface area contributed by atoms with E-state index in [4.69, 9.17) is 16.3 Å². The Hall–Kier alpha value is -2.41. The average Bonchev–Trinajstić information content (AvgIpc) is 3.14. The first-order valence-electron chi connectivity index (χ1n) is 10.5. The number of carbonyl (C=O) groups is 2. The molecular weight excluding hydrogens is 404 g/mol. The molecule has 0 unspecified atom stereocenters. The highest BCUT2D eigenvalue weighted by Crippen LogP contribution is 2.32. The van der Waals surface area contributed by atoms with Crippen molar-refractivity contribution in [3.63, 3.8) is 0 Å². The predicted octanol–water partition coefficient (Wildman–Crippen LogP) is 4.67. The SMILES string of the molecule is CCOC(=O)c1cn(-c2ccc(Cl)cn2)nc1N(C(=O)C1CCC(C)CC1)C(C)C. The number of hydrogen-bond donors (Lipinski definition) is 0. The van der Waals surface area contributed by atoms with Crippen LogP contribution in [0.1, 0.15) is 63.7 Å². The summed E-state index contributed by atoms with van der Waals surface area (Å²) in [5, 5.41) is 5.08. The fraction of sp³-hybridized carbons (Fsp3) is 0.545. The number of anilines is 1. The van der Waals surface area contributed by atoms with Crippen molar-refractivity contribution in [2.24, 2.45) is 11.8 Å². The summed E-state index contributed by atoms with van der Waals surface area (Å²) in [6.45, 7) is 8.06. The molecule has 0 atom stereocenters. The minimum atomic E-state index is -0.511. The van der Waals surface area contributed by atoms with E-state index < -0.39 is 5.97 Å². The molecule has 1 aliphatic carbocycles. The van der Waals surface area contributed by atoms with E-state index in [-0.39, 0.29) is 30.0 Å². The van der Waals surface area contributed by atoms with Gasteiger partial charge in [0.05, 0.1) is 11.6 Å². The molecule has 0 spiro atoms. The van der Waals surface area contributed by atoms with Crippen LogP contribution >= 0.6 is 11.6 Å². The van der Waals surface area contributed by atoms with E-state index in [9.17, 15) is 9.59 Å². The lowest BCUT2D eigenvalue weighted by Crippen LogP contribution is -2.43. The molecule has 1 saturated carbocycles. The van der Waals surface area contributed by atoms with Crippen LogP contribution in [0.2, 0.25) is 5.02 Å². The quantitative estimate of drug-likeness (QED) is 0.620. The standard InChI is InChI=1S/C22H29ClN4O3/c1-5-30-22(29)18-13-26(19-11-10-17(23)12-24-19)25-20(18)27(14(2)3)21(28)16-8-6-15(4)7-9-16/h10-16H,5-9H2,1-4H3. The lowest BCUT2D eigenvalue weighted by Gasteiger charge is -2.32. The molecule has 0 saturated heterocycles. The van der Waals surface area contributed by atoms with Crippen molar-refractivity contribution >= 4 is 29.3 Å². The van der Waals surface area contributed by atoms with E-state index >= 15 is 0 Å². The fourth-order valence-corrected chi connectivity index (χ4v) is 3.94. The van der Waals surface area contributed by atoms with Gasteiger partial charge in [0, 0.05) is 24.4 Å². The zero-order valence-corrected chi connectivity index (χ0v) is 18.7. The lowest BCUT2D eigenvalue weighted by molar-refractivity contribution is -0.123. The summed E-state index contributed by atoms with van der Waals surface area (Å²) in [6, 6.07) is 3.24. The van der Waals surface area contributed by atoms with Crippen LogP contribution in [0.3, 0.4) is 0 Å². The van der Waals surface area contributed by atoms with E-state index in [1.165, 1.54) is 10.9 Å². The Morgan fingerprint density at radius 1 is 1.27 bits per heavy atom. The largest absolute Gasteiger partial charge is 0.462 e. The molecule has 2 heterocycles. The molecule has 0 radical (unpaired) electrons. The maximum Gasteiger partial charge on any atom is 0.343 e. The van der Waals surface area contributed by atoms with E-state index in [0.29, 0.717) is 22.6 Å². The smallest absolute Gasteiger partial charge is 0.343 e. The molecule has 1 fully saturated rings. The van der Waals surface area contributed by atoms with Gasteiger partial charge in [-0.25, -0.2) is 14.5 Å². The number of rotatable bonds is 6. The molecule has 7 nitrogen and oxygen atoms in total. The lowest BCUT2D eigenvalue weighted by atomic mass is 9.82. The Morgan fingerprint density at radius 2 is 1.97 bits per heavy atom. The molecular formula is C22H29ClN4O3. The molecule has 8 heteroatoms. The zero-order valence-electron chi connectivity index (χ0n) is 18.0. The van der Waals surface area contributed by atoms with Gasteiger partial charge in [0.2, 0.25) is 5.91 Å². The van der Waals surface area contributed by atoms with Crippen LogP contribution in [0.15, 0.2) is 24.5 Å². The number of hydrogen-bond acceptors (Lipinski definition) is 5. The minimum absolute atomic E-state index is 0.0109. The second-order valence-corrected chi connectivity index (χ2v) is 8.56. The van der Waals surface area contributed by atoms with Crippen molar-refractivity contribution in [3.05, 3.63) is 35.1 Å². The van der Waals surface area contributed by atoms with Gasteiger partial charge in [0.15, 0.2) is 11.6 Å². The van der Waals surface area contributed by atoms with Crippen molar-refractivity contribution in [3.8, 4) is 5.82 Å². The first-order valence-corrected chi connectivity index (χ1v) is 10.9. The fourth-order valence-electron chi connectivity index (χ4n) is 3.82. The Bertz CT molecular complexity index is 886. The normalized spacial score (nSPS) is 19.0. The number of ether oxygens (including phenoxy) is 1. The molecule has 2 aromatic heterocycles. The second-order valence-electron chi connectivity index (χ2n) is 8.12. The highest BCUT2D eigenvalue weighted by Gasteiger charge is 2.34. The summed E-state index contributed by atoms with van der Waals surface area (Å²) in [6.07, 6.45) is 6.87. The first kappa shape index (κ1) is 22.3. The van der Waals surface area contributed by atoms with Crippen LogP contribution in [-0.4, -0.2) is 39.3 Å². The van der Waals surface area contributed by atoms with Crippen LogP contribution in [0.4, 0.5) is 5.82 Å². The van der Waals surface area contributed by atoms with E-state index in [0.717, 1.165) is 25.7 Å². The first-order chi connectivity index (χ1) is 14.3. The molecule has 1 amide bonds. The summed E-state index contributed by atoms with van der Waals surface area (Å²) in [5.74, 6) is 0.896. The molecule has 162 valence electrons. The van der Waals surface area contributed by atoms with Crippen LogP contribution in [-0.2, 0) is 9.53 Å². The highest BCUT2D eigenvalue weighted by molar-refractivity contribution is 6.30. The van der Waals surface area contributed by atoms with E-state index in [1.54, 1.807) is 30.2 Å². The molecule has 1 aliphatic rings. The predicted molar refractivity (Wildman–Crippen MR) is 116 cm³/mol. The number of aromatic nitrogens is 3. The van der Waals surface area contributed by atoms with Crippen LogP contribution in [0.5, 0.6) is 0 Å². The average molecular weight is 433 g/mol. The number of pyridine rings is 1. The summed E-state index contributed by atoms with van der Waals surface area (Å²) in [5.41, 5.74) is 0.250. The van der Waals surface area contributed by atoms with Gasteiger partial charge in [-0.3, -0.25) is 9.69 Å². The van der Waals surface area contributed by atoms with E-state index in [2.05, 4.69) is 17.0 Å². The Morgan fingerprint density at radius 3 is 2.53 bits per heavy atom. The number of nitrogens with zero attached hydrogens (tertiary/aromatic N) is 4. The number of amides is 1. The van der Waals surface area contributed by atoms with Gasteiger partial charge in [0.25, 0.3) is 0 Å². The van der Waals surface area contributed by atoms with Gasteiger partial charge < -0.3 is 4.74 Å². The molecule has 0 bridgehead atoms. The van der Waals surface area contributed by atoms with Gasteiger partial charge in [-0.1, -0.05) is 18.5 Å². The topological polar surface area (TPSA) is 77.3 Å². The number of esters is 1. The summed E-state index contributed by atoms with van der Waals surface area (Å²) < 4.78 is 6.72. The van der Waals surface area contributed by atoms with Crippen molar-refractivity contribution in [2.45, 2.75) is 59.4 Å². The molecule has 3 rings (SSSR count). The Kier molecular flexibility index (Phi) is 7.13. The third-order valence-corrected chi connectivity index (χ3v) is 5.71. The molecule has 30 heavy (non-hydrogen) atoms. The van der Waals surface area contributed by atoms with Gasteiger partial charge in [-0.05, 0) is 64.5 Å². The number of carbonyl (C=O) groups excluding carboxylic acids is 2. The highest BCUT2D eigenvalue weighted by atomic mass is 35.5. The maximum atomic E-state index is 13.5. The summed E-state index contributed by atoms with van der Waals surface area (Å²) in [4.78, 5) is 32.0. The third-order valence-electron chi connectivity index (χ3n) is 5.48. The summed E-state index contributed by atoms with van der Waals surface area (Å²) in [7, 11) is 0. The Balaban J connectivity index is 2.01. The van der Waals surface area contributed by atoms with Crippen molar-refractivity contribution in [1.29, 1.82) is 0 Å². The maximum absolute atomic E-state index is 13.5. The molecule has 2 aromatic rings.